The average Bonchev–Trinajstić information content (AvgIpc) is 3.87. The lowest BCUT2D eigenvalue weighted by atomic mass is 10.3. The number of methoxy groups -OCH3 is 2. The molecule has 15 heteroatoms. The van der Waals surface area contributed by atoms with E-state index in [9.17, 15) is 9.59 Å². The van der Waals surface area contributed by atoms with Crippen LogP contribution in [0.25, 0.3) is 0 Å². The van der Waals surface area contributed by atoms with Gasteiger partial charge in [-0.25, -0.2) is 4.79 Å². The Hall–Kier alpha value is -5.54. The summed E-state index contributed by atoms with van der Waals surface area (Å²) in [5, 5.41) is 21.0. The van der Waals surface area contributed by atoms with Crippen molar-refractivity contribution >= 4 is 46.2 Å². The van der Waals surface area contributed by atoms with E-state index in [-0.39, 0.29) is 5.91 Å². The molecule has 6 aromatic heterocycles. The maximum Gasteiger partial charge on any atom is 0.345 e. The van der Waals surface area contributed by atoms with Gasteiger partial charge in [-0.3, -0.25) is 24.1 Å². The van der Waals surface area contributed by atoms with E-state index in [0.717, 1.165) is 29.0 Å². The zero-order chi connectivity index (χ0) is 32.0. The second-order valence-electron chi connectivity index (χ2n) is 8.95. The third-order valence-corrected chi connectivity index (χ3v) is 7.81. The van der Waals surface area contributed by atoms with Crippen LogP contribution in [0, 0.1) is 0 Å². The van der Waals surface area contributed by atoms with Gasteiger partial charge in [0.15, 0.2) is 15.9 Å². The van der Waals surface area contributed by atoms with Gasteiger partial charge in [-0.1, -0.05) is 22.7 Å². The van der Waals surface area contributed by atoms with Crippen LogP contribution in [0.15, 0.2) is 97.8 Å². The summed E-state index contributed by atoms with van der Waals surface area (Å²) in [7, 11) is 3.09. The van der Waals surface area contributed by atoms with Crippen LogP contribution in [0.1, 0.15) is 30.5 Å². The SMILES string of the molecule is COc1ccc(C(=O)Nc2ccn(Cc3ccncc3)n2)s1.COc1ccc(C(=O)O)s1.Nc1ccn(Cc2ccncc2)n1. The van der Waals surface area contributed by atoms with E-state index in [1.54, 1.807) is 71.6 Å². The number of thiophene rings is 2. The fourth-order valence-electron chi connectivity index (χ4n) is 3.61. The van der Waals surface area contributed by atoms with Crippen LogP contribution in [0.5, 0.6) is 10.1 Å². The Morgan fingerprint density at radius 3 is 1.73 bits per heavy atom. The molecule has 0 spiro atoms. The summed E-state index contributed by atoms with van der Waals surface area (Å²) in [4.78, 5) is 31.2. The number of carboxylic acids is 1. The molecule has 1 amide bonds. The third-order valence-electron chi connectivity index (χ3n) is 5.73. The molecule has 0 aliphatic rings. The molecule has 0 aliphatic carbocycles. The van der Waals surface area contributed by atoms with Crippen LogP contribution in [-0.4, -0.2) is 60.7 Å². The molecule has 4 N–H and O–H groups in total. The molecule has 6 heterocycles. The normalized spacial score (nSPS) is 10.1. The molecule has 0 aliphatic heterocycles. The van der Waals surface area contributed by atoms with Crippen LogP contribution in [0.3, 0.4) is 0 Å². The highest BCUT2D eigenvalue weighted by Crippen LogP contribution is 2.25. The zero-order valence-corrected chi connectivity index (χ0v) is 25.9. The quantitative estimate of drug-likeness (QED) is 0.194. The van der Waals surface area contributed by atoms with Crippen molar-refractivity contribution in [1.82, 2.24) is 29.5 Å². The van der Waals surface area contributed by atoms with Gasteiger partial charge in [0.05, 0.1) is 32.2 Å². The highest BCUT2D eigenvalue weighted by atomic mass is 32.1. The molecule has 0 radical (unpaired) electrons. The molecule has 0 saturated heterocycles. The fraction of sp³-hybridized carbons (Fsp3) is 0.133. The van der Waals surface area contributed by atoms with Gasteiger partial charge in [0.1, 0.15) is 10.7 Å². The van der Waals surface area contributed by atoms with E-state index in [1.807, 2.05) is 36.7 Å². The second-order valence-corrected chi connectivity index (χ2v) is 11.0. The lowest BCUT2D eigenvalue weighted by Crippen LogP contribution is -2.11. The molecule has 45 heavy (non-hydrogen) atoms. The topological polar surface area (TPSA) is 172 Å². The summed E-state index contributed by atoms with van der Waals surface area (Å²) in [6, 6.07) is 18.0. The Bertz CT molecular complexity index is 1780. The van der Waals surface area contributed by atoms with Crippen molar-refractivity contribution in [3.63, 3.8) is 0 Å². The minimum absolute atomic E-state index is 0.192. The first kappa shape index (κ1) is 32.4. The maximum absolute atomic E-state index is 12.1. The van der Waals surface area contributed by atoms with E-state index < -0.39 is 5.97 Å². The van der Waals surface area contributed by atoms with Gasteiger partial charge in [-0.2, -0.15) is 10.2 Å². The molecule has 0 saturated carbocycles. The summed E-state index contributed by atoms with van der Waals surface area (Å²) >= 11 is 2.41. The molecule has 0 bridgehead atoms. The molecular weight excluding hydrogens is 617 g/mol. The van der Waals surface area contributed by atoms with Gasteiger partial charge in [0.25, 0.3) is 5.91 Å². The van der Waals surface area contributed by atoms with Crippen molar-refractivity contribution in [2.24, 2.45) is 0 Å². The van der Waals surface area contributed by atoms with E-state index >= 15 is 0 Å². The molecule has 0 fully saturated rings. The predicted octanol–water partition coefficient (Wildman–Crippen LogP) is 5.01. The summed E-state index contributed by atoms with van der Waals surface area (Å²) in [5.74, 6) is -0.0313. The first-order valence-electron chi connectivity index (χ1n) is 13.3. The van der Waals surface area contributed by atoms with Crippen molar-refractivity contribution in [2.45, 2.75) is 13.1 Å². The Morgan fingerprint density at radius 2 is 1.27 bits per heavy atom. The van der Waals surface area contributed by atoms with E-state index in [1.165, 1.54) is 24.5 Å². The highest BCUT2D eigenvalue weighted by molar-refractivity contribution is 7.16. The minimum Gasteiger partial charge on any atom is -0.487 e. The zero-order valence-electron chi connectivity index (χ0n) is 24.3. The van der Waals surface area contributed by atoms with Gasteiger partial charge < -0.3 is 25.6 Å². The number of aromatic carboxylic acids is 1. The van der Waals surface area contributed by atoms with Gasteiger partial charge in [-0.15, -0.1) is 0 Å². The monoisotopic (exact) mass is 646 g/mol. The first-order chi connectivity index (χ1) is 21.8. The lowest BCUT2D eigenvalue weighted by molar-refractivity contribution is 0.0702. The number of hydrogen-bond acceptors (Lipinski definition) is 11. The first-order valence-corrected chi connectivity index (χ1v) is 14.9. The summed E-state index contributed by atoms with van der Waals surface area (Å²) in [6.07, 6.45) is 10.7. The maximum atomic E-state index is 12.1. The number of ether oxygens (including phenoxy) is 2. The van der Waals surface area contributed by atoms with Gasteiger partial charge >= 0.3 is 5.97 Å². The fourth-order valence-corrected chi connectivity index (χ4v) is 4.98. The van der Waals surface area contributed by atoms with Crippen molar-refractivity contribution in [1.29, 1.82) is 0 Å². The lowest BCUT2D eigenvalue weighted by Gasteiger charge is -2.01. The highest BCUT2D eigenvalue weighted by Gasteiger charge is 2.11. The van der Waals surface area contributed by atoms with E-state index in [4.69, 9.17) is 20.3 Å². The molecule has 6 aromatic rings. The summed E-state index contributed by atoms with van der Waals surface area (Å²) in [5.41, 5.74) is 7.75. The molecular formula is C30H30N8O5S2. The number of nitrogen functional groups attached to an aromatic ring is 1. The molecule has 13 nitrogen and oxygen atoms in total. The smallest absolute Gasteiger partial charge is 0.345 e. The third kappa shape index (κ3) is 10.3. The second kappa shape index (κ2) is 16.3. The summed E-state index contributed by atoms with van der Waals surface area (Å²) in [6.45, 7) is 1.37. The largest absolute Gasteiger partial charge is 0.487 e. The van der Waals surface area contributed by atoms with E-state index in [2.05, 4.69) is 25.5 Å². The molecule has 232 valence electrons. The molecule has 0 aromatic carbocycles. The van der Waals surface area contributed by atoms with Crippen molar-refractivity contribution < 1.29 is 24.2 Å². The van der Waals surface area contributed by atoms with Crippen molar-refractivity contribution in [2.75, 3.05) is 25.3 Å². The number of hydrogen-bond donors (Lipinski definition) is 3. The number of pyridine rings is 2. The number of rotatable bonds is 9. The summed E-state index contributed by atoms with van der Waals surface area (Å²) < 4.78 is 13.4. The average molecular weight is 647 g/mol. The van der Waals surface area contributed by atoms with Crippen molar-refractivity contribution in [3.05, 3.63) is 119 Å². The minimum atomic E-state index is -0.909. The number of nitrogens with one attached hydrogen (secondary N) is 1. The number of carboxylic acid groups (broad SMARTS) is 1. The molecule has 0 atom stereocenters. The molecule has 6 rings (SSSR count). The van der Waals surface area contributed by atoms with E-state index in [0.29, 0.717) is 38.1 Å². The van der Waals surface area contributed by atoms with Crippen LogP contribution >= 0.6 is 22.7 Å². The van der Waals surface area contributed by atoms with Crippen LogP contribution in [0.2, 0.25) is 0 Å². The Kier molecular flexibility index (Phi) is 11.8. The number of nitrogens with zero attached hydrogens (tertiary/aromatic N) is 6. The van der Waals surface area contributed by atoms with Gasteiger partial charge in [0, 0.05) is 43.2 Å². The predicted molar refractivity (Wildman–Crippen MR) is 172 cm³/mol. The number of carbonyl (C=O) groups excluding carboxylic acids is 1. The number of anilines is 2. The number of carbonyl (C=O) groups is 2. The van der Waals surface area contributed by atoms with Gasteiger partial charge in [-0.05, 0) is 65.7 Å². The Labute approximate surface area is 266 Å². The number of aromatic nitrogens is 6. The Morgan fingerprint density at radius 1 is 0.756 bits per heavy atom. The Balaban J connectivity index is 0.000000170. The number of amides is 1. The van der Waals surface area contributed by atoms with Crippen LogP contribution in [-0.2, 0) is 13.1 Å². The van der Waals surface area contributed by atoms with Crippen LogP contribution in [0.4, 0.5) is 11.6 Å². The van der Waals surface area contributed by atoms with Crippen molar-refractivity contribution in [3.8, 4) is 10.1 Å². The number of nitrogens with two attached hydrogens (primary N) is 1. The standard InChI is InChI=1S/C15H14N4O2S.C9H10N4.C6H6O3S/c1-21-14-3-2-12(22-14)15(20)17-13-6-9-19(18-13)10-11-4-7-16-8-5-11;10-9-3-6-13(12-9)7-8-1-4-11-5-2-8;1-9-5-3-2-4(10-5)6(7)8/h2-9H,10H2,1H3,(H,17,18,20);1-6H,7H2,(H2,10,12);2-3H,1H3,(H,7,8). The molecule has 0 unspecified atom stereocenters. The van der Waals surface area contributed by atoms with Gasteiger partial charge in [0.2, 0.25) is 0 Å². The van der Waals surface area contributed by atoms with Crippen LogP contribution < -0.4 is 20.5 Å².